The number of thiophene rings is 1. The van der Waals surface area contributed by atoms with Gasteiger partial charge in [-0.1, -0.05) is 0 Å². The summed E-state index contributed by atoms with van der Waals surface area (Å²) < 4.78 is 5.07. The first kappa shape index (κ1) is 14.5. The largest absolute Gasteiger partial charge is 0.462 e. The average molecular weight is 276 g/mol. The van der Waals surface area contributed by atoms with Crippen molar-refractivity contribution < 1.29 is 9.53 Å². The van der Waals surface area contributed by atoms with Gasteiger partial charge in [0.2, 0.25) is 0 Å². The SMILES string of the molecule is CCOC(=O)c1csc2c1CCNC2(C)C.Cl. The lowest BCUT2D eigenvalue weighted by molar-refractivity contribution is 0.0525. The number of rotatable bonds is 2. The molecule has 2 rings (SSSR count). The molecule has 1 N–H and O–H groups in total. The van der Waals surface area contributed by atoms with E-state index in [4.69, 9.17) is 4.74 Å². The van der Waals surface area contributed by atoms with Crippen molar-refractivity contribution in [3.63, 3.8) is 0 Å². The molecule has 17 heavy (non-hydrogen) atoms. The Hall–Kier alpha value is -0.580. The second-order valence-corrected chi connectivity index (χ2v) is 5.36. The molecule has 0 amide bonds. The smallest absolute Gasteiger partial charge is 0.339 e. The number of hydrogen-bond donors (Lipinski definition) is 1. The lowest BCUT2D eigenvalue weighted by Crippen LogP contribution is -2.41. The van der Waals surface area contributed by atoms with Crippen LogP contribution < -0.4 is 5.32 Å². The molecule has 0 atom stereocenters. The first-order valence-electron chi connectivity index (χ1n) is 5.59. The summed E-state index contributed by atoms with van der Waals surface area (Å²) in [7, 11) is 0. The molecule has 1 aliphatic rings. The van der Waals surface area contributed by atoms with Gasteiger partial charge in [-0.2, -0.15) is 0 Å². The molecule has 0 fully saturated rings. The maximum Gasteiger partial charge on any atom is 0.339 e. The molecule has 5 heteroatoms. The fourth-order valence-corrected chi connectivity index (χ4v) is 3.31. The first-order valence-corrected chi connectivity index (χ1v) is 6.47. The van der Waals surface area contributed by atoms with Gasteiger partial charge in [0.1, 0.15) is 0 Å². The van der Waals surface area contributed by atoms with Crippen LogP contribution in [0, 0.1) is 0 Å². The number of fused-ring (bicyclic) bond motifs is 1. The van der Waals surface area contributed by atoms with Gasteiger partial charge in [-0.15, -0.1) is 23.7 Å². The van der Waals surface area contributed by atoms with E-state index in [1.54, 1.807) is 11.3 Å². The molecule has 96 valence electrons. The number of halogens is 1. The molecular weight excluding hydrogens is 258 g/mol. The molecule has 0 saturated carbocycles. The molecule has 0 aromatic carbocycles. The Morgan fingerprint density at radius 1 is 1.59 bits per heavy atom. The van der Waals surface area contributed by atoms with Crippen molar-refractivity contribution in [2.75, 3.05) is 13.2 Å². The maximum atomic E-state index is 11.8. The molecule has 3 nitrogen and oxygen atoms in total. The summed E-state index contributed by atoms with van der Waals surface area (Å²) >= 11 is 1.65. The molecule has 2 heterocycles. The zero-order chi connectivity index (χ0) is 11.8. The van der Waals surface area contributed by atoms with Crippen LogP contribution in [0.1, 0.15) is 41.6 Å². The number of nitrogens with one attached hydrogen (secondary N) is 1. The minimum absolute atomic E-state index is 0. The molecule has 0 spiro atoms. The Balaban J connectivity index is 0.00000144. The van der Waals surface area contributed by atoms with Crippen LogP contribution in [0.25, 0.3) is 0 Å². The van der Waals surface area contributed by atoms with Crippen molar-refractivity contribution in [3.05, 3.63) is 21.4 Å². The Morgan fingerprint density at radius 3 is 2.94 bits per heavy atom. The maximum absolute atomic E-state index is 11.8. The van der Waals surface area contributed by atoms with Gasteiger partial charge < -0.3 is 10.1 Å². The Morgan fingerprint density at radius 2 is 2.29 bits per heavy atom. The van der Waals surface area contributed by atoms with Crippen molar-refractivity contribution in [3.8, 4) is 0 Å². The zero-order valence-corrected chi connectivity index (χ0v) is 12.0. The van der Waals surface area contributed by atoms with E-state index in [1.165, 1.54) is 10.4 Å². The van der Waals surface area contributed by atoms with Crippen LogP contribution in [0.5, 0.6) is 0 Å². The van der Waals surface area contributed by atoms with E-state index >= 15 is 0 Å². The minimum atomic E-state index is -0.183. The third-order valence-electron chi connectivity index (χ3n) is 2.90. The highest BCUT2D eigenvalue weighted by Gasteiger charge is 2.31. The second-order valence-electron chi connectivity index (χ2n) is 4.48. The minimum Gasteiger partial charge on any atom is -0.462 e. The summed E-state index contributed by atoms with van der Waals surface area (Å²) in [5.74, 6) is -0.183. The van der Waals surface area contributed by atoms with Crippen molar-refractivity contribution in [1.82, 2.24) is 5.32 Å². The van der Waals surface area contributed by atoms with Crippen LogP contribution in [0.15, 0.2) is 5.38 Å². The third-order valence-corrected chi connectivity index (χ3v) is 4.24. The monoisotopic (exact) mass is 275 g/mol. The van der Waals surface area contributed by atoms with Crippen molar-refractivity contribution >= 4 is 29.7 Å². The van der Waals surface area contributed by atoms with Gasteiger partial charge >= 0.3 is 5.97 Å². The second kappa shape index (κ2) is 5.38. The van der Waals surface area contributed by atoms with Gasteiger partial charge in [-0.3, -0.25) is 0 Å². The third kappa shape index (κ3) is 2.64. The summed E-state index contributed by atoms with van der Waals surface area (Å²) in [6.07, 6.45) is 0.913. The number of carbonyl (C=O) groups is 1. The van der Waals surface area contributed by atoms with Crippen LogP contribution in [-0.2, 0) is 16.7 Å². The van der Waals surface area contributed by atoms with Gasteiger partial charge in [0.25, 0.3) is 0 Å². The van der Waals surface area contributed by atoms with Crippen LogP contribution in [-0.4, -0.2) is 19.1 Å². The van der Waals surface area contributed by atoms with E-state index in [2.05, 4.69) is 19.2 Å². The summed E-state index contributed by atoms with van der Waals surface area (Å²) in [5.41, 5.74) is 1.91. The highest BCUT2D eigenvalue weighted by Crippen LogP contribution is 2.35. The number of esters is 1. The van der Waals surface area contributed by atoms with E-state index < -0.39 is 0 Å². The molecule has 1 aromatic heterocycles. The summed E-state index contributed by atoms with van der Waals surface area (Å²) in [6, 6.07) is 0. The molecular formula is C12H18ClNO2S. The summed E-state index contributed by atoms with van der Waals surface area (Å²) in [6.45, 7) is 7.49. The van der Waals surface area contributed by atoms with Crippen molar-refractivity contribution in [2.45, 2.75) is 32.7 Å². The first-order chi connectivity index (χ1) is 7.56. The van der Waals surface area contributed by atoms with E-state index in [0.717, 1.165) is 18.5 Å². The van der Waals surface area contributed by atoms with Crippen LogP contribution in [0.3, 0.4) is 0 Å². The van der Waals surface area contributed by atoms with E-state index in [9.17, 15) is 4.79 Å². The predicted octanol–water partition coefficient (Wildman–Crippen LogP) is 2.73. The molecule has 0 saturated heterocycles. The van der Waals surface area contributed by atoms with Gasteiger partial charge in [-0.25, -0.2) is 4.79 Å². The van der Waals surface area contributed by atoms with Gasteiger partial charge in [0.15, 0.2) is 0 Å². The van der Waals surface area contributed by atoms with E-state index in [-0.39, 0.29) is 23.9 Å². The lowest BCUT2D eigenvalue weighted by atomic mass is 9.91. The van der Waals surface area contributed by atoms with Crippen molar-refractivity contribution in [2.24, 2.45) is 0 Å². The normalized spacial score (nSPS) is 16.9. The molecule has 0 radical (unpaired) electrons. The molecule has 0 unspecified atom stereocenters. The van der Waals surface area contributed by atoms with Crippen LogP contribution in [0.2, 0.25) is 0 Å². The summed E-state index contributed by atoms with van der Waals surface area (Å²) in [4.78, 5) is 13.0. The van der Waals surface area contributed by atoms with Crippen LogP contribution in [0.4, 0.5) is 0 Å². The van der Waals surface area contributed by atoms with Crippen LogP contribution >= 0.6 is 23.7 Å². The Kier molecular flexibility index (Phi) is 4.58. The molecule has 1 aliphatic heterocycles. The van der Waals surface area contributed by atoms with Crippen molar-refractivity contribution in [1.29, 1.82) is 0 Å². The fraction of sp³-hybridized carbons (Fsp3) is 0.583. The average Bonchev–Trinajstić information content (AvgIpc) is 2.62. The standard InChI is InChI=1S/C12H17NO2S.ClH/c1-4-15-11(14)9-7-16-10-8(9)5-6-13-12(10,2)3;/h7,13H,4-6H2,1-3H3;1H. The highest BCUT2D eigenvalue weighted by molar-refractivity contribution is 7.10. The van der Waals surface area contributed by atoms with Gasteiger partial charge in [0, 0.05) is 22.3 Å². The lowest BCUT2D eigenvalue weighted by Gasteiger charge is -2.31. The Bertz CT molecular complexity index is 415. The fourth-order valence-electron chi connectivity index (χ4n) is 2.12. The topological polar surface area (TPSA) is 38.3 Å². The van der Waals surface area contributed by atoms with E-state index in [0.29, 0.717) is 6.61 Å². The highest BCUT2D eigenvalue weighted by atomic mass is 35.5. The molecule has 0 aliphatic carbocycles. The van der Waals surface area contributed by atoms with E-state index in [1.807, 2.05) is 12.3 Å². The number of hydrogen-bond acceptors (Lipinski definition) is 4. The Labute approximate surface area is 112 Å². The zero-order valence-electron chi connectivity index (χ0n) is 10.3. The molecule has 0 bridgehead atoms. The predicted molar refractivity (Wildman–Crippen MR) is 72.3 cm³/mol. The van der Waals surface area contributed by atoms with Gasteiger partial charge in [0.05, 0.1) is 12.2 Å². The summed E-state index contributed by atoms with van der Waals surface area (Å²) in [5, 5.41) is 5.39. The number of ether oxygens (including phenoxy) is 1. The quantitative estimate of drug-likeness (QED) is 0.844. The molecule has 1 aromatic rings. The number of carbonyl (C=O) groups excluding carboxylic acids is 1. The van der Waals surface area contributed by atoms with Gasteiger partial charge in [-0.05, 0) is 32.8 Å².